The number of ether oxygens (including phenoxy) is 1. The Morgan fingerprint density at radius 3 is 2.38 bits per heavy atom. The van der Waals surface area contributed by atoms with E-state index in [1.165, 1.54) is 0 Å². The number of anilines is 1. The summed E-state index contributed by atoms with van der Waals surface area (Å²) in [5.41, 5.74) is 0.566. The molecule has 1 aliphatic carbocycles. The van der Waals surface area contributed by atoms with Crippen LogP contribution in [0.2, 0.25) is 5.02 Å². The molecule has 1 heterocycles. The number of halogens is 2. The fourth-order valence-corrected chi connectivity index (χ4v) is 3.44. The molecule has 0 bridgehead atoms. The Balaban J connectivity index is 1.93. The lowest BCUT2D eigenvalue weighted by Gasteiger charge is -2.17. The molecule has 1 aliphatic heterocycles. The zero-order valence-electron chi connectivity index (χ0n) is 14.4. The van der Waals surface area contributed by atoms with Crippen LogP contribution in [-0.2, 0) is 14.3 Å². The third-order valence-corrected chi connectivity index (χ3v) is 4.93. The summed E-state index contributed by atoms with van der Waals surface area (Å²) in [6.07, 6.45) is 4.21. The summed E-state index contributed by atoms with van der Waals surface area (Å²) < 4.78 is 19.6. The first-order chi connectivity index (χ1) is 12.5. The molecular weight excluding hydrogens is 361 g/mol. The van der Waals surface area contributed by atoms with E-state index in [2.05, 4.69) is 0 Å². The van der Waals surface area contributed by atoms with Gasteiger partial charge in [-0.05, 0) is 44.2 Å². The van der Waals surface area contributed by atoms with E-state index >= 15 is 0 Å². The van der Waals surface area contributed by atoms with Crippen molar-refractivity contribution in [1.29, 1.82) is 0 Å². The summed E-state index contributed by atoms with van der Waals surface area (Å²) >= 11 is 5.97. The Morgan fingerprint density at radius 1 is 1.19 bits per heavy atom. The Kier molecular flexibility index (Phi) is 5.41. The molecule has 2 amide bonds. The van der Waals surface area contributed by atoms with Gasteiger partial charge in [-0.3, -0.25) is 9.59 Å². The highest BCUT2D eigenvalue weighted by Gasteiger charge is 2.41. The fourth-order valence-electron chi connectivity index (χ4n) is 3.21. The van der Waals surface area contributed by atoms with Crippen molar-refractivity contribution in [3.05, 3.63) is 39.7 Å². The average Bonchev–Trinajstić information content (AvgIpc) is 2.87. The summed E-state index contributed by atoms with van der Waals surface area (Å²) in [5.74, 6) is -2.57. The van der Waals surface area contributed by atoms with Crippen LogP contribution in [0.5, 0.6) is 0 Å². The summed E-state index contributed by atoms with van der Waals surface area (Å²) in [6.45, 7) is 2.17. The number of amides is 2. The minimum absolute atomic E-state index is 0.0651. The van der Waals surface area contributed by atoms with Gasteiger partial charge in [0.15, 0.2) is 0 Å². The molecule has 0 saturated carbocycles. The molecule has 0 N–H and O–H groups in total. The van der Waals surface area contributed by atoms with Gasteiger partial charge in [0.1, 0.15) is 5.82 Å². The second-order valence-electron chi connectivity index (χ2n) is 6.38. The minimum Gasteiger partial charge on any atom is -0.462 e. The fraction of sp³-hybridized carbons (Fsp3) is 0.421. The van der Waals surface area contributed by atoms with E-state index in [1.54, 1.807) is 0 Å². The van der Waals surface area contributed by atoms with E-state index in [0.29, 0.717) is 30.4 Å². The van der Waals surface area contributed by atoms with Crippen LogP contribution in [0.3, 0.4) is 0 Å². The highest BCUT2D eigenvalue weighted by atomic mass is 35.5. The number of hydrogen-bond acceptors (Lipinski definition) is 4. The van der Waals surface area contributed by atoms with Gasteiger partial charge >= 0.3 is 5.97 Å². The number of hydrogen-bond donors (Lipinski definition) is 0. The maximum atomic E-state index is 14.5. The van der Waals surface area contributed by atoms with Gasteiger partial charge in [-0.15, -0.1) is 0 Å². The topological polar surface area (TPSA) is 63.7 Å². The van der Waals surface area contributed by atoms with Gasteiger partial charge in [0.2, 0.25) is 0 Å². The van der Waals surface area contributed by atoms with E-state index in [0.717, 1.165) is 36.3 Å². The normalized spacial score (nSPS) is 17.0. The molecule has 7 heteroatoms. The summed E-state index contributed by atoms with van der Waals surface area (Å²) in [4.78, 5) is 38.2. The van der Waals surface area contributed by atoms with Crippen LogP contribution >= 0.6 is 11.6 Å². The standard InChI is InChI=1S/C19H19ClFNO4/c1-2-3-8-26-19(25)13-9-16(15(21)10-14(13)20)22-17(23)11-6-4-5-7-12(11)18(22)24/h9-10H,2-8H2,1H3. The number of nitrogens with zero attached hydrogens (tertiary/aromatic N) is 1. The maximum absolute atomic E-state index is 14.5. The number of esters is 1. The number of rotatable bonds is 5. The van der Waals surface area contributed by atoms with Crippen molar-refractivity contribution in [2.75, 3.05) is 11.5 Å². The van der Waals surface area contributed by atoms with Crippen molar-refractivity contribution in [2.24, 2.45) is 0 Å². The summed E-state index contributed by atoms with van der Waals surface area (Å²) in [7, 11) is 0. The maximum Gasteiger partial charge on any atom is 0.339 e. The highest BCUT2D eigenvalue weighted by molar-refractivity contribution is 6.35. The summed E-state index contributed by atoms with van der Waals surface area (Å²) in [5, 5.41) is -0.121. The quantitative estimate of drug-likeness (QED) is 0.437. The molecule has 0 aromatic heterocycles. The summed E-state index contributed by atoms with van der Waals surface area (Å²) in [6, 6.07) is 2.06. The van der Waals surface area contributed by atoms with Gasteiger partial charge in [0, 0.05) is 11.1 Å². The van der Waals surface area contributed by atoms with Crippen LogP contribution < -0.4 is 4.90 Å². The first-order valence-corrected chi connectivity index (χ1v) is 9.10. The van der Waals surface area contributed by atoms with E-state index in [-0.39, 0.29) is 22.9 Å². The second-order valence-corrected chi connectivity index (χ2v) is 6.79. The van der Waals surface area contributed by atoms with Crippen LogP contribution in [0.4, 0.5) is 10.1 Å². The molecule has 5 nitrogen and oxygen atoms in total. The average molecular weight is 380 g/mol. The molecule has 0 saturated heterocycles. The zero-order valence-corrected chi connectivity index (χ0v) is 15.2. The van der Waals surface area contributed by atoms with Crippen molar-refractivity contribution < 1.29 is 23.5 Å². The molecule has 2 aliphatic rings. The van der Waals surface area contributed by atoms with Gasteiger partial charge in [-0.2, -0.15) is 0 Å². The lowest BCUT2D eigenvalue weighted by molar-refractivity contribution is -0.120. The number of imide groups is 1. The molecular formula is C19H19ClFNO4. The Bertz CT molecular complexity index is 790. The second kappa shape index (κ2) is 7.58. The van der Waals surface area contributed by atoms with Crippen molar-refractivity contribution in [3.63, 3.8) is 0 Å². The van der Waals surface area contributed by atoms with Crippen molar-refractivity contribution >= 4 is 35.1 Å². The minimum atomic E-state index is -0.832. The van der Waals surface area contributed by atoms with Crippen molar-refractivity contribution in [3.8, 4) is 0 Å². The van der Waals surface area contributed by atoms with E-state index in [1.807, 2.05) is 6.92 Å². The van der Waals surface area contributed by atoms with E-state index in [9.17, 15) is 18.8 Å². The molecule has 138 valence electrons. The number of carbonyl (C=O) groups is 3. The number of carbonyl (C=O) groups excluding carboxylic acids is 3. The molecule has 26 heavy (non-hydrogen) atoms. The third-order valence-electron chi connectivity index (χ3n) is 4.62. The Morgan fingerprint density at radius 2 is 1.81 bits per heavy atom. The first kappa shape index (κ1) is 18.6. The highest BCUT2D eigenvalue weighted by Crippen LogP contribution is 2.37. The smallest absolute Gasteiger partial charge is 0.339 e. The molecule has 0 spiro atoms. The van der Waals surface area contributed by atoms with Gasteiger partial charge in [0.05, 0.1) is 22.9 Å². The first-order valence-electron chi connectivity index (χ1n) is 8.72. The SMILES string of the molecule is CCCCOC(=O)c1cc(N2C(=O)C3=C(CCCC3)C2=O)c(F)cc1Cl. The molecule has 1 aromatic rings. The van der Waals surface area contributed by atoms with Crippen LogP contribution in [-0.4, -0.2) is 24.4 Å². The predicted octanol–water partition coefficient (Wildman–Crippen LogP) is 4.18. The van der Waals surface area contributed by atoms with Crippen LogP contribution in [0.1, 0.15) is 55.8 Å². The predicted molar refractivity (Wildman–Crippen MR) is 94.6 cm³/mol. The third kappa shape index (κ3) is 3.26. The lowest BCUT2D eigenvalue weighted by atomic mass is 9.93. The number of unbranched alkanes of at least 4 members (excludes halogenated alkanes) is 1. The largest absolute Gasteiger partial charge is 0.462 e. The molecule has 0 atom stereocenters. The lowest BCUT2D eigenvalue weighted by Crippen LogP contribution is -2.32. The van der Waals surface area contributed by atoms with Crippen LogP contribution in [0, 0.1) is 5.82 Å². The van der Waals surface area contributed by atoms with Gasteiger partial charge in [-0.25, -0.2) is 14.1 Å². The van der Waals surface area contributed by atoms with E-state index < -0.39 is 23.6 Å². The van der Waals surface area contributed by atoms with Crippen LogP contribution in [0.15, 0.2) is 23.3 Å². The monoisotopic (exact) mass is 379 g/mol. The van der Waals surface area contributed by atoms with Gasteiger partial charge < -0.3 is 4.74 Å². The van der Waals surface area contributed by atoms with Crippen molar-refractivity contribution in [2.45, 2.75) is 45.4 Å². The molecule has 0 fully saturated rings. The Labute approximate surface area is 155 Å². The zero-order chi connectivity index (χ0) is 18.8. The van der Waals surface area contributed by atoms with Gasteiger partial charge in [0.25, 0.3) is 11.8 Å². The van der Waals surface area contributed by atoms with E-state index in [4.69, 9.17) is 16.3 Å². The Hall–Kier alpha value is -2.21. The van der Waals surface area contributed by atoms with Crippen molar-refractivity contribution in [1.82, 2.24) is 0 Å². The molecule has 0 radical (unpaired) electrons. The molecule has 1 aromatic carbocycles. The van der Waals surface area contributed by atoms with Crippen LogP contribution in [0.25, 0.3) is 0 Å². The molecule has 3 rings (SSSR count). The number of benzene rings is 1. The molecule has 0 unspecified atom stereocenters. The van der Waals surface area contributed by atoms with Gasteiger partial charge in [-0.1, -0.05) is 24.9 Å².